The maximum absolute atomic E-state index is 11.8. The first-order valence-corrected chi connectivity index (χ1v) is 6.82. The van der Waals surface area contributed by atoms with E-state index in [-0.39, 0.29) is 12.5 Å². The maximum Gasteiger partial charge on any atom is 0.248 e. The molecule has 102 valence electrons. The number of aliphatic hydroxyl groups is 1. The highest BCUT2D eigenvalue weighted by Crippen LogP contribution is 2.24. The first kappa shape index (κ1) is 13.7. The summed E-state index contributed by atoms with van der Waals surface area (Å²) in [5.41, 5.74) is 1.25. The van der Waals surface area contributed by atoms with E-state index < -0.39 is 0 Å². The second-order valence-corrected chi connectivity index (χ2v) is 4.94. The quantitative estimate of drug-likeness (QED) is 0.818. The lowest BCUT2D eigenvalue weighted by Gasteiger charge is -2.17. The summed E-state index contributed by atoms with van der Waals surface area (Å²) in [7, 11) is 0. The van der Waals surface area contributed by atoms with Crippen molar-refractivity contribution in [3.05, 3.63) is 36.2 Å². The molecule has 4 nitrogen and oxygen atoms in total. The Kier molecular flexibility index (Phi) is 5.10. The minimum atomic E-state index is -0.159. The fraction of sp³-hybridized carbons (Fsp3) is 0.467. The van der Waals surface area contributed by atoms with E-state index in [0.717, 1.165) is 0 Å². The monoisotopic (exact) mass is 260 g/mol. The molecular formula is C15H20N2O2. The van der Waals surface area contributed by atoms with Gasteiger partial charge in [-0.2, -0.15) is 0 Å². The van der Waals surface area contributed by atoms with Crippen LogP contribution in [0.3, 0.4) is 0 Å². The summed E-state index contributed by atoms with van der Waals surface area (Å²) in [5, 5.41) is 11.9. The lowest BCUT2D eigenvalue weighted by Crippen LogP contribution is -2.11. The summed E-state index contributed by atoms with van der Waals surface area (Å²) in [4.78, 5) is 15.8. The summed E-state index contributed by atoms with van der Waals surface area (Å²) in [5.74, 6) is 0.374. The number of anilines is 1. The first-order valence-electron chi connectivity index (χ1n) is 6.82. The van der Waals surface area contributed by atoms with Gasteiger partial charge in [-0.15, -0.1) is 0 Å². The van der Waals surface area contributed by atoms with Crippen molar-refractivity contribution in [3.8, 4) is 0 Å². The lowest BCUT2D eigenvalue weighted by molar-refractivity contribution is -0.111. The van der Waals surface area contributed by atoms with Gasteiger partial charge in [0.1, 0.15) is 0 Å². The van der Waals surface area contributed by atoms with E-state index in [4.69, 9.17) is 5.11 Å². The van der Waals surface area contributed by atoms with Crippen LogP contribution in [0.15, 0.2) is 30.6 Å². The summed E-state index contributed by atoms with van der Waals surface area (Å²) in [6.07, 6.45) is 12.9. The Hall–Kier alpha value is -1.68. The Morgan fingerprint density at radius 3 is 2.95 bits per heavy atom. The van der Waals surface area contributed by atoms with E-state index in [2.05, 4.69) is 10.3 Å². The van der Waals surface area contributed by atoms with Gasteiger partial charge >= 0.3 is 0 Å². The Morgan fingerprint density at radius 1 is 1.42 bits per heavy atom. The number of amides is 1. The number of nitrogens with zero attached hydrogens (tertiary/aromatic N) is 1. The predicted molar refractivity (Wildman–Crippen MR) is 74.5 cm³/mol. The van der Waals surface area contributed by atoms with Crippen LogP contribution in [-0.2, 0) is 11.4 Å². The molecule has 1 fully saturated rings. The zero-order chi connectivity index (χ0) is 13.5. The fourth-order valence-corrected chi connectivity index (χ4v) is 2.40. The molecule has 0 saturated heterocycles. The molecule has 1 heterocycles. The molecular weight excluding hydrogens is 240 g/mol. The van der Waals surface area contributed by atoms with Crippen LogP contribution in [0.2, 0.25) is 0 Å². The van der Waals surface area contributed by atoms with Gasteiger partial charge in [0.15, 0.2) is 0 Å². The number of carbonyl (C=O) groups is 1. The zero-order valence-corrected chi connectivity index (χ0v) is 11.0. The molecule has 1 saturated carbocycles. The van der Waals surface area contributed by atoms with Gasteiger partial charge in [-0.25, -0.2) is 0 Å². The number of nitrogens with one attached hydrogen (secondary N) is 1. The predicted octanol–water partition coefficient (Wildman–Crippen LogP) is 2.65. The van der Waals surface area contributed by atoms with Crippen molar-refractivity contribution in [1.82, 2.24) is 4.98 Å². The van der Waals surface area contributed by atoms with Gasteiger partial charge in [0.05, 0.1) is 18.5 Å². The summed E-state index contributed by atoms with van der Waals surface area (Å²) < 4.78 is 0. The molecule has 0 spiro atoms. The first-order chi connectivity index (χ1) is 9.29. The van der Waals surface area contributed by atoms with Crippen LogP contribution in [0.5, 0.6) is 0 Å². The molecule has 1 aliphatic carbocycles. The highest BCUT2D eigenvalue weighted by atomic mass is 16.3. The van der Waals surface area contributed by atoms with Gasteiger partial charge in [0.25, 0.3) is 0 Å². The van der Waals surface area contributed by atoms with E-state index in [1.165, 1.54) is 32.1 Å². The van der Waals surface area contributed by atoms with Crippen LogP contribution in [0.1, 0.15) is 37.7 Å². The van der Waals surface area contributed by atoms with Crippen LogP contribution >= 0.6 is 0 Å². The summed E-state index contributed by atoms with van der Waals surface area (Å²) in [6, 6.07) is 1.69. The normalized spacial score (nSPS) is 16.7. The third kappa shape index (κ3) is 4.17. The van der Waals surface area contributed by atoms with Gasteiger partial charge < -0.3 is 10.4 Å². The molecule has 0 atom stereocenters. The van der Waals surface area contributed by atoms with Crippen molar-refractivity contribution in [3.63, 3.8) is 0 Å². The minimum Gasteiger partial charge on any atom is -0.392 e. The van der Waals surface area contributed by atoms with Crippen molar-refractivity contribution in [1.29, 1.82) is 0 Å². The van der Waals surface area contributed by atoms with E-state index in [9.17, 15) is 4.79 Å². The molecule has 0 bridgehead atoms. The molecule has 1 amide bonds. The molecule has 4 heteroatoms. The highest BCUT2D eigenvalue weighted by molar-refractivity contribution is 5.99. The van der Waals surface area contributed by atoms with Crippen molar-refractivity contribution < 1.29 is 9.90 Å². The van der Waals surface area contributed by atoms with Gasteiger partial charge in [0.2, 0.25) is 5.91 Å². The largest absolute Gasteiger partial charge is 0.392 e. The molecule has 1 aromatic rings. The third-order valence-electron chi connectivity index (χ3n) is 3.51. The number of carbonyl (C=O) groups excluding carboxylic acids is 1. The number of hydrogen-bond donors (Lipinski definition) is 2. The molecule has 1 aliphatic rings. The zero-order valence-electron chi connectivity index (χ0n) is 11.0. The molecule has 0 radical (unpaired) electrons. The van der Waals surface area contributed by atoms with Crippen LogP contribution in [0.4, 0.5) is 5.69 Å². The van der Waals surface area contributed by atoms with Crippen LogP contribution in [-0.4, -0.2) is 16.0 Å². The number of aliphatic hydroxyl groups excluding tert-OH is 1. The standard InChI is InChI=1S/C15H20N2O2/c18-11-13-8-9-16-10-14(13)17-15(19)7-6-12-4-2-1-3-5-12/h6-10,12,18H,1-5,11H2,(H,17,19)/b7-6+. The van der Waals surface area contributed by atoms with Crippen molar-refractivity contribution >= 4 is 11.6 Å². The average molecular weight is 260 g/mol. The van der Waals surface area contributed by atoms with Crippen LogP contribution in [0, 0.1) is 5.92 Å². The van der Waals surface area contributed by atoms with Crippen LogP contribution in [0.25, 0.3) is 0 Å². The molecule has 0 aromatic carbocycles. The average Bonchev–Trinajstić information content (AvgIpc) is 2.47. The molecule has 0 aliphatic heterocycles. The lowest BCUT2D eigenvalue weighted by atomic mass is 9.89. The van der Waals surface area contributed by atoms with Gasteiger partial charge in [-0.3, -0.25) is 9.78 Å². The van der Waals surface area contributed by atoms with E-state index in [0.29, 0.717) is 17.2 Å². The van der Waals surface area contributed by atoms with Crippen LogP contribution < -0.4 is 5.32 Å². The maximum atomic E-state index is 11.8. The second-order valence-electron chi connectivity index (χ2n) is 4.94. The number of hydrogen-bond acceptors (Lipinski definition) is 3. The smallest absolute Gasteiger partial charge is 0.248 e. The Balaban J connectivity index is 1.91. The van der Waals surface area contributed by atoms with Crippen molar-refractivity contribution in [2.75, 3.05) is 5.32 Å². The van der Waals surface area contributed by atoms with E-state index >= 15 is 0 Å². The van der Waals surface area contributed by atoms with E-state index in [1.807, 2.05) is 6.08 Å². The third-order valence-corrected chi connectivity index (χ3v) is 3.51. The molecule has 2 rings (SSSR count). The number of allylic oxidation sites excluding steroid dienone is 1. The van der Waals surface area contributed by atoms with Gasteiger partial charge in [-0.05, 0) is 30.9 Å². The Morgan fingerprint density at radius 2 is 2.21 bits per heavy atom. The van der Waals surface area contributed by atoms with Crippen molar-refractivity contribution in [2.45, 2.75) is 38.7 Å². The Bertz CT molecular complexity index is 451. The van der Waals surface area contributed by atoms with Gasteiger partial charge in [0, 0.05) is 11.8 Å². The van der Waals surface area contributed by atoms with E-state index in [1.54, 1.807) is 24.5 Å². The Labute approximate surface area is 113 Å². The second kappa shape index (κ2) is 7.04. The minimum absolute atomic E-state index is 0.107. The number of aromatic nitrogens is 1. The summed E-state index contributed by atoms with van der Waals surface area (Å²) in [6.45, 7) is -0.107. The topological polar surface area (TPSA) is 62.2 Å². The van der Waals surface area contributed by atoms with Crippen molar-refractivity contribution in [2.24, 2.45) is 5.92 Å². The molecule has 1 aromatic heterocycles. The molecule has 19 heavy (non-hydrogen) atoms. The fourth-order valence-electron chi connectivity index (χ4n) is 2.40. The molecule has 0 unspecified atom stereocenters. The highest BCUT2D eigenvalue weighted by Gasteiger charge is 2.10. The number of pyridine rings is 1. The molecule has 2 N–H and O–H groups in total. The van der Waals surface area contributed by atoms with Gasteiger partial charge in [-0.1, -0.05) is 25.3 Å². The summed E-state index contributed by atoms with van der Waals surface area (Å²) >= 11 is 0. The SMILES string of the molecule is O=C(/C=C/C1CCCCC1)Nc1cnccc1CO. The number of rotatable bonds is 4.